The summed E-state index contributed by atoms with van der Waals surface area (Å²) in [6.45, 7) is 1.90. The molecule has 0 aliphatic rings. The van der Waals surface area contributed by atoms with Crippen molar-refractivity contribution in [1.82, 2.24) is 9.78 Å². The van der Waals surface area contributed by atoms with E-state index in [9.17, 15) is 9.18 Å². The third kappa shape index (κ3) is 2.81. The van der Waals surface area contributed by atoms with Crippen LogP contribution in [0.4, 0.5) is 15.8 Å². The Morgan fingerprint density at radius 2 is 2.24 bits per heavy atom. The van der Waals surface area contributed by atoms with E-state index in [4.69, 9.17) is 10.5 Å². The summed E-state index contributed by atoms with van der Waals surface area (Å²) in [5.41, 5.74) is 7.47. The van der Waals surface area contributed by atoms with Crippen molar-refractivity contribution < 1.29 is 13.9 Å². The van der Waals surface area contributed by atoms with Crippen molar-refractivity contribution in [3.63, 3.8) is 0 Å². The number of nitrogens with two attached hydrogens (primary N) is 1. The molecule has 1 aromatic heterocycles. The summed E-state index contributed by atoms with van der Waals surface area (Å²) in [5, 5.41) is 6.77. The fourth-order valence-corrected chi connectivity index (χ4v) is 2.06. The molecule has 0 bridgehead atoms. The van der Waals surface area contributed by atoms with Crippen molar-refractivity contribution in [3.8, 4) is 5.75 Å². The molecular weight excluding hydrogens is 275 g/mol. The zero-order valence-electron chi connectivity index (χ0n) is 12.1. The van der Waals surface area contributed by atoms with Crippen LogP contribution in [0.3, 0.4) is 0 Å². The van der Waals surface area contributed by atoms with Gasteiger partial charge in [-0.25, -0.2) is 4.39 Å². The molecule has 0 atom stereocenters. The normalized spacial score (nSPS) is 10.5. The lowest BCUT2D eigenvalue weighted by Gasteiger charge is -2.08. The fraction of sp³-hybridized carbons (Fsp3) is 0.286. The van der Waals surface area contributed by atoms with Gasteiger partial charge in [-0.05, 0) is 18.6 Å². The Hall–Kier alpha value is -2.57. The highest BCUT2D eigenvalue weighted by atomic mass is 19.1. The van der Waals surface area contributed by atoms with Crippen molar-refractivity contribution in [2.45, 2.75) is 13.3 Å². The van der Waals surface area contributed by atoms with Crippen molar-refractivity contribution in [3.05, 3.63) is 35.4 Å². The van der Waals surface area contributed by atoms with Crippen LogP contribution in [0.1, 0.15) is 23.1 Å². The second-order valence-corrected chi connectivity index (χ2v) is 4.49. The maximum absolute atomic E-state index is 13.6. The summed E-state index contributed by atoms with van der Waals surface area (Å²) < 4.78 is 19.8. The molecule has 6 nitrogen and oxygen atoms in total. The molecule has 0 unspecified atom stereocenters. The number of hydrogen-bond donors (Lipinski definition) is 2. The third-order valence-corrected chi connectivity index (χ3v) is 3.12. The number of benzene rings is 1. The van der Waals surface area contributed by atoms with Gasteiger partial charge in [0.05, 0.1) is 18.5 Å². The number of nitrogens with one attached hydrogen (secondary N) is 1. The van der Waals surface area contributed by atoms with E-state index in [-0.39, 0.29) is 11.4 Å². The van der Waals surface area contributed by atoms with Crippen LogP contribution in [-0.2, 0) is 13.5 Å². The number of aryl methyl sites for hydroxylation is 2. The predicted molar refractivity (Wildman–Crippen MR) is 77.9 cm³/mol. The van der Waals surface area contributed by atoms with E-state index in [0.717, 1.165) is 0 Å². The van der Waals surface area contributed by atoms with Crippen LogP contribution in [0.25, 0.3) is 0 Å². The van der Waals surface area contributed by atoms with Gasteiger partial charge in [0.25, 0.3) is 5.91 Å². The minimum absolute atomic E-state index is 0.112. The lowest BCUT2D eigenvalue weighted by atomic mass is 10.2. The molecule has 0 radical (unpaired) electrons. The number of nitrogens with zero attached hydrogens (tertiary/aromatic N) is 2. The molecular formula is C14H17FN4O2. The molecule has 112 valence electrons. The molecule has 21 heavy (non-hydrogen) atoms. The molecule has 0 saturated heterocycles. The highest BCUT2D eigenvalue weighted by Crippen LogP contribution is 2.22. The number of amides is 1. The summed E-state index contributed by atoms with van der Waals surface area (Å²) in [7, 11) is 3.01. The van der Waals surface area contributed by atoms with Crippen LogP contribution in [0.2, 0.25) is 0 Å². The number of carbonyl (C=O) groups is 1. The van der Waals surface area contributed by atoms with Crippen molar-refractivity contribution in [2.75, 3.05) is 18.2 Å². The molecule has 0 saturated carbocycles. The molecule has 0 spiro atoms. The molecule has 3 N–H and O–H groups in total. The van der Waals surface area contributed by atoms with E-state index >= 15 is 0 Å². The summed E-state index contributed by atoms with van der Waals surface area (Å²) >= 11 is 0. The van der Waals surface area contributed by atoms with Gasteiger partial charge < -0.3 is 15.8 Å². The number of rotatable bonds is 4. The average Bonchev–Trinajstić information content (AvgIpc) is 2.73. The van der Waals surface area contributed by atoms with Crippen LogP contribution >= 0.6 is 0 Å². The van der Waals surface area contributed by atoms with Gasteiger partial charge in [-0.1, -0.05) is 6.92 Å². The van der Waals surface area contributed by atoms with E-state index < -0.39 is 11.7 Å². The van der Waals surface area contributed by atoms with E-state index in [1.807, 2.05) is 6.92 Å². The molecule has 2 rings (SSSR count). The first-order valence-electron chi connectivity index (χ1n) is 6.44. The smallest absolute Gasteiger partial charge is 0.276 e. The first kappa shape index (κ1) is 14.8. The summed E-state index contributed by atoms with van der Waals surface area (Å²) in [6, 6.07) is 4.17. The van der Waals surface area contributed by atoms with E-state index in [2.05, 4.69) is 10.4 Å². The van der Waals surface area contributed by atoms with Gasteiger partial charge in [0.15, 0.2) is 11.6 Å². The van der Waals surface area contributed by atoms with Crippen molar-refractivity contribution in [1.29, 1.82) is 0 Å². The molecule has 2 aromatic rings. The number of ether oxygens (including phenoxy) is 1. The van der Waals surface area contributed by atoms with E-state index in [0.29, 0.717) is 23.5 Å². The summed E-state index contributed by atoms with van der Waals surface area (Å²) in [4.78, 5) is 12.2. The van der Waals surface area contributed by atoms with Crippen molar-refractivity contribution in [2.24, 2.45) is 7.05 Å². The van der Waals surface area contributed by atoms with Crippen molar-refractivity contribution >= 4 is 17.3 Å². The SMILES string of the molecule is CCc1nn(C)c(C(=O)Nc2ccc(OC)c(F)c2)c1N. The van der Waals surface area contributed by atoms with Crippen LogP contribution in [0.15, 0.2) is 18.2 Å². The molecule has 1 heterocycles. The Balaban J connectivity index is 2.26. The Bertz CT molecular complexity index is 682. The maximum Gasteiger partial charge on any atom is 0.276 e. The van der Waals surface area contributed by atoms with Crippen LogP contribution < -0.4 is 15.8 Å². The fourth-order valence-electron chi connectivity index (χ4n) is 2.06. The second-order valence-electron chi connectivity index (χ2n) is 4.49. The molecule has 1 aromatic carbocycles. The molecule has 0 aliphatic carbocycles. The Kier molecular flexibility index (Phi) is 4.11. The van der Waals surface area contributed by atoms with E-state index in [1.54, 1.807) is 13.1 Å². The highest BCUT2D eigenvalue weighted by Gasteiger charge is 2.19. The first-order valence-corrected chi connectivity index (χ1v) is 6.44. The first-order chi connectivity index (χ1) is 9.97. The number of aromatic nitrogens is 2. The zero-order valence-corrected chi connectivity index (χ0v) is 12.1. The maximum atomic E-state index is 13.6. The number of hydrogen-bond acceptors (Lipinski definition) is 4. The lowest BCUT2D eigenvalue weighted by Crippen LogP contribution is -2.17. The van der Waals surface area contributed by atoms with Gasteiger partial charge >= 0.3 is 0 Å². The summed E-state index contributed by atoms with van der Waals surface area (Å²) in [6.07, 6.45) is 0.629. The van der Waals surface area contributed by atoms with Crippen LogP contribution in [0.5, 0.6) is 5.75 Å². The topological polar surface area (TPSA) is 82.2 Å². The Morgan fingerprint density at radius 1 is 1.52 bits per heavy atom. The minimum Gasteiger partial charge on any atom is -0.494 e. The summed E-state index contributed by atoms with van der Waals surface area (Å²) in [5.74, 6) is -0.879. The second kappa shape index (κ2) is 5.82. The number of nitrogen functional groups attached to an aromatic ring is 1. The number of methoxy groups -OCH3 is 1. The molecule has 0 fully saturated rings. The standard InChI is InChI=1S/C14H17FN4O2/c1-4-10-12(16)13(19(2)18-10)14(20)17-8-5-6-11(21-3)9(15)7-8/h5-7H,4,16H2,1-3H3,(H,17,20). The van der Waals surface area contributed by atoms with Gasteiger partial charge in [0.1, 0.15) is 5.69 Å². The quantitative estimate of drug-likeness (QED) is 0.902. The number of halogens is 1. The van der Waals surface area contributed by atoms with Gasteiger partial charge in [0, 0.05) is 18.8 Å². The van der Waals surface area contributed by atoms with Gasteiger partial charge in [-0.2, -0.15) is 5.10 Å². The Labute approximate surface area is 121 Å². The van der Waals surface area contributed by atoms with Crippen LogP contribution in [-0.4, -0.2) is 22.8 Å². The van der Waals surface area contributed by atoms with Crippen LogP contribution in [0, 0.1) is 5.82 Å². The van der Waals surface area contributed by atoms with E-state index in [1.165, 1.54) is 23.9 Å². The highest BCUT2D eigenvalue weighted by molar-refractivity contribution is 6.06. The van der Waals surface area contributed by atoms with Gasteiger partial charge in [-0.3, -0.25) is 9.48 Å². The molecule has 0 aliphatic heterocycles. The monoisotopic (exact) mass is 292 g/mol. The number of carbonyl (C=O) groups excluding carboxylic acids is 1. The lowest BCUT2D eigenvalue weighted by molar-refractivity contribution is 0.101. The zero-order chi connectivity index (χ0) is 15.6. The molecule has 7 heteroatoms. The molecule has 1 amide bonds. The van der Waals surface area contributed by atoms with Gasteiger partial charge in [0.2, 0.25) is 0 Å². The minimum atomic E-state index is -0.553. The predicted octanol–water partition coefficient (Wildman–Crippen LogP) is 1.96. The third-order valence-electron chi connectivity index (χ3n) is 3.12. The Morgan fingerprint density at radius 3 is 2.76 bits per heavy atom. The number of anilines is 2. The largest absolute Gasteiger partial charge is 0.494 e. The average molecular weight is 292 g/mol. The van der Waals surface area contributed by atoms with Gasteiger partial charge in [-0.15, -0.1) is 0 Å².